The van der Waals surface area contributed by atoms with Crippen LogP contribution < -0.4 is 10.4 Å². The molecular formula is C30H50N2O3. The highest BCUT2D eigenvalue weighted by molar-refractivity contribution is 5.77. The van der Waals surface area contributed by atoms with Gasteiger partial charge >= 0.3 is 5.91 Å². The number of piperidine rings is 1. The Morgan fingerprint density at radius 3 is 2.23 bits per heavy atom. The molecule has 0 bridgehead atoms. The van der Waals surface area contributed by atoms with E-state index in [0.29, 0.717) is 5.91 Å². The molecule has 1 fully saturated rings. The zero-order chi connectivity index (χ0) is 25.9. The maximum Gasteiger partial charge on any atom is 0.332 e. The third kappa shape index (κ3) is 13.6. The number of nitrogens with zero attached hydrogens (tertiary/aromatic N) is 1. The molecular weight excluding hydrogens is 436 g/mol. The molecule has 1 atom stereocenters. The molecule has 1 aromatic carbocycles. The van der Waals surface area contributed by atoms with Crippen LogP contribution in [-0.4, -0.2) is 35.9 Å². The SMILES string of the molecule is CCCCCCCCCC=CC(=O)[O-].CCCCN1CCCC[C@H]1C(=O)[NH2+]c1c(C)cccc1C. The largest absolute Gasteiger partial charge is 0.545 e. The molecule has 0 aromatic heterocycles. The zero-order valence-corrected chi connectivity index (χ0v) is 22.8. The summed E-state index contributed by atoms with van der Waals surface area (Å²) >= 11 is 0. The molecule has 5 heteroatoms. The van der Waals surface area contributed by atoms with Gasteiger partial charge in [-0.3, -0.25) is 4.90 Å². The third-order valence-electron chi connectivity index (χ3n) is 6.80. The molecule has 5 nitrogen and oxygen atoms in total. The van der Waals surface area contributed by atoms with Crippen LogP contribution in [-0.2, 0) is 9.59 Å². The van der Waals surface area contributed by atoms with Crippen LogP contribution in [0.25, 0.3) is 0 Å². The zero-order valence-electron chi connectivity index (χ0n) is 22.8. The molecule has 1 heterocycles. The molecule has 1 saturated heterocycles. The fraction of sp³-hybridized carbons (Fsp3) is 0.667. The van der Waals surface area contributed by atoms with Crippen molar-refractivity contribution in [1.29, 1.82) is 0 Å². The van der Waals surface area contributed by atoms with E-state index in [9.17, 15) is 14.7 Å². The predicted octanol–water partition coefficient (Wildman–Crippen LogP) is 5.11. The number of hydrogen-bond donors (Lipinski definition) is 1. The van der Waals surface area contributed by atoms with Gasteiger partial charge in [-0.15, -0.1) is 0 Å². The fourth-order valence-electron chi connectivity index (χ4n) is 4.63. The molecule has 0 radical (unpaired) electrons. The van der Waals surface area contributed by atoms with E-state index in [2.05, 4.69) is 50.8 Å². The summed E-state index contributed by atoms with van der Waals surface area (Å²) in [6.45, 7) is 10.7. The van der Waals surface area contributed by atoms with Gasteiger partial charge in [-0.25, -0.2) is 10.1 Å². The molecule has 1 aliphatic rings. The van der Waals surface area contributed by atoms with Crippen molar-refractivity contribution in [3.05, 3.63) is 41.5 Å². The van der Waals surface area contributed by atoms with E-state index in [1.54, 1.807) is 6.08 Å². The number of carboxylic acid groups (broad SMARTS) is 1. The molecule has 0 spiro atoms. The predicted molar refractivity (Wildman–Crippen MR) is 143 cm³/mol. The van der Waals surface area contributed by atoms with Crippen molar-refractivity contribution in [3.8, 4) is 0 Å². The highest BCUT2D eigenvalue weighted by Gasteiger charge is 2.31. The van der Waals surface area contributed by atoms with Gasteiger partial charge in [0.05, 0.1) is 5.97 Å². The second-order valence-electron chi connectivity index (χ2n) is 9.88. The van der Waals surface area contributed by atoms with E-state index in [4.69, 9.17) is 0 Å². The van der Waals surface area contributed by atoms with E-state index in [1.165, 1.54) is 75.3 Å². The number of amides is 1. The molecule has 1 aliphatic heterocycles. The van der Waals surface area contributed by atoms with Gasteiger partial charge in [-0.1, -0.05) is 83.1 Å². The lowest BCUT2D eigenvalue weighted by Gasteiger charge is -2.33. The fourth-order valence-corrected chi connectivity index (χ4v) is 4.63. The number of likely N-dealkylation sites (tertiary alicyclic amines) is 1. The van der Waals surface area contributed by atoms with Gasteiger partial charge in [-0.05, 0) is 71.5 Å². The Bertz CT molecular complexity index is 740. The Morgan fingerprint density at radius 1 is 0.971 bits per heavy atom. The van der Waals surface area contributed by atoms with Crippen LogP contribution in [0.4, 0.5) is 5.69 Å². The van der Waals surface area contributed by atoms with E-state index < -0.39 is 5.97 Å². The summed E-state index contributed by atoms with van der Waals surface area (Å²) in [5.74, 6) is -0.795. The van der Waals surface area contributed by atoms with Crippen LogP contribution in [0.3, 0.4) is 0 Å². The molecule has 0 aliphatic carbocycles. The maximum absolute atomic E-state index is 12.7. The highest BCUT2D eigenvalue weighted by atomic mass is 16.4. The average Bonchev–Trinajstić information content (AvgIpc) is 2.84. The molecule has 0 unspecified atom stereocenters. The number of carbonyl (C=O) groups is 2. The molecule has 198 valence electrons. The number of rotatable bonds is 14. The van der Waals surface area contributed by atoms with Gasteiger partial charge < -0.3 is 9.90 Å². The number of nitrogens with two attached hydrogens (primary N) is 1. The minimum Gasteiger partial charge on any atom is -0.545 e. The van der Waals surface area contributed by atoms with Gasteiger partial charge in [-0.2, -0.15) is 0 Å². The van der Waals surface area contributed by atoms with Gasteiger partial charge in [0.15, 0.2) is 0 Å². The first kappa shape index (κ1) is 31.1. The number of hydrogen-bond acceptors (Lipinski definition) is 4. The second kappa shape index (κ2) is 19.2. The number of carboxylic acids is 1. The quantitative estimate of drug-likeness (QED) is 0.225. The smallest absolute Gasteiger partial charge is 0.332 e. The Labute approximate surface area is 214 Å². The lowest BCUT2D eigenvalue weighted by atomic mass is 10.00. The lowest BCUT2D eigenvalue weighted by Crippen LogP contribution is -2.87. The van der Waals surface area contributed by atoms with Crippen molar-refractivity contribution < 1.29 is 20.0 Å². The Kier molecular flexibility index (Phi) is 17.1. The van der Waals surface area contributed by atoms with Crippen molar-refractivity contribution >= 4 is 17.6 Å². The van der Waals surface area contributed by atoms with Gasteiger partial charge in [0, 0.05) is 11.1 Å². The van der Waals surface area contributed by atoms with Gasteiger partial charge in [0.2, 0.25) is 0 Å². The minimum absolute atomic E-state index is 0.101. The molecule has 1 amide bonds. The Hall–Kier alpha value is -1.98. The Balaban J connectivity index is 0.000000383. The summed E-state index contributed by atoms with van der Waals surface area (Å²) in [6.07, 6.45) is 18.3. The van der Waals surface area contributed by atoms with Crippen LogP contribution in [0.2, 0.25) is 0 Å². The third-order valence-corrected chi connectivity index (χ3v) is 6.80. The summed E-state index contributed by atoms with van der Waals surface area (Å²) in [4.78, 5) is 25.2. The summed E-state index contributed by atoms with van der Waals surface area (Å²) in [5.41, 5.74) is 3.50. The first-order valence-electron chi connectivity index (χ1n) is 14.0. The number of benzene rings is 1. The van der Waals surface area contributed by atoms with Crippen molar-refractivity contribution in [2.75, 3.05) is 13.1 Å². The van der Waals surface area contributed by atoms with E-state index >= 15 is 0 Å². The highest BCUT2D eigenvalue weighted by Crippen LogP contribution is 2.19. The van der Waals surface area contributed by atoms with Crippen molar-refractivity contribution in [2.45, 2.75) is 117 Å². The monoisotopic (exact) mass is 486 g/mol. The summed E-state index contributed by atoms with van der Waals surface area (Å²) in [5, 5.41) is 11.9. The average molecular weight is 487 g/mol. The number of aliphatic carboxylic acids is 1. The van der Waals surface area contributed by atoms with E-state index in [0.717, 1.165) is 44.1 Å². The minimum atomic E-state index is -1.09. The standard InChI is InChI=1S/C18H28N2O.C12H22O2/c1-4-5-12-20-13-7-6-11-16(20)18(21)19-17-14(2)9-8-10-15(17)3;1-2-3-4-5-6-7-8-9-10-11-12(13)14/h8-10,16H,4-7,11-13H2,1-3H3,(H,19,21);10-11H,2-9H2,1H3,(H,13,14)/t16-;/m0./s1. The number of carbonyl (C=O) groups excluding carboxylic acids is 2. The molecule has 1 aromatic rings. The molecule has 2 N–H and O–H groups in total. The van der Waals surface area contributed by atoms with Crippen LogP contribution >= 0.6 is 0 Å². The van der Waals surface area contributed by atoms with E-state index in [1.807, 2.05) is 5.32 Å². The number of quaternary nitrogens is 1. The second-order valence-corrected chi connectivity index (χ2v) is 9.88. The van der Waals surface area contributed by atoms with Crippen molar-refractivity contribution in [2.24, 2.45) is 0 Å². The molecule has 2 rings (SSSR count). The normalized spacial score (nSPS) is 16.2. The van der Waals surface area contributed by atoms with Crippen LogP contribution in [0.1, 0.15) is 108 Å². The summed E-state index contributed by atoms with van der Waals surface area (Å²) in [7, 11) is 0. The number of allylic oxidation sites excluding steroid dienone is 1. The van der Waals surface area contributed by atoms with E-state index in [-0.39, 0.29) is 6.04 Å². The molecule has 35 heavy (non-hydrogen) atoms. The first-order valence-corrected chi connectivity index (χ1v) is 14.0. The number of unbranched alkanes of at least 4 members (excludes halogenated alkanes) is 8. The van der Waals surface area contributed by atoms with Crippen LogP contribution in [0.5, 0.6) is 0 Å². The lowest BCUT2D eigenvalue weighted by molar-refractivity contribution is -0.488. The van der Waals surface area contributed by atoms with Crippen molar-refractivity contribution in [3.63, 3.8) is 0 Å². The van der Waals surface area contributed by atoms with Crippen LogP contribution in [0.15, 0.2) is 30.4 Å². The Morgan fingerprint density at radius 2 is 1.60 bits per heavy atom. The number of aryl methyl sites for hydroxylation is 2. The van der Waals surface area contributed by atoms with Gasteiger partial charge in [0.1, 0.15) is 11.7 Å². The number of primary amides is 1. The molecule has 0 saturated carbocycles. The summed E-state index contributed by atoms with van der Waals surface area (Å²) < 4.78 is 0. The maximum atomic E-state index is 12.7. The summed E-state index contributed by atoms with van der Waals surface area (Å²) in [6, 6.07) is 6.33. The van der Waals surface area contributed by atoms with Crippen LogP contribution in [0, 0.1) is 13.8 Å². The topological polar surface area (TPSA) is 77.0 Å². The first-order chi connectivity index (χ1) is 16.9. The van der Waals surface area contributed by atoms with Gasteiger partial charge in [0.25, 0.3) is 0 Å². The number of para-hydroxylation sites is 1. The van der Waals surface area contributed by atoms with Crippen molar-refractivity contribution in [1.82, 2.24) is 4.90 Å².